The van der Waals surface area contributed by atoms with Crippen LogP contribution in [0.15, 0.2) is 78.9 Å². The fourth-order valence-corrected chi connectivity index (χ4v) is 4.32. The number of para-hydroxylation sites is 1. The first-order valence-corrected chi connectivity index (χ1v) is 9.76. The topological polar surface area (TPSA) is 49.9 Å². The van der Waals surface area contributed by atoms with Crippen LogP contribution in [0.1, 0.15) is 17.2 Å². The van der Waals surface area contributed by atoms with Crippen LogP contribution < -0.4 is 9.96 Å². The van der Waals surface area contributed by atoms with Gasteiger partial charge < -0.3 is 0 Å². The van der Waals surface area contributed by atoms with Gasteiger partial charge in [-0.3, -0.25) is 14.4 Å². The summed E-state index contributed by atoms with van der Waals surface area (Å²) in [4.78, 5) is 33.8. The van der Waals surface area contributed by atoms with E-state index in [1.54, 1.807) is 11.1 Å². The zero-order valence-electron chi connectivity index (χ0n) is 16.2. The molecule has 2 amide bonds. The summed E-state index contributed by atoms with van der Waals surface area (Å²) in [7, 11) is 0. The van der Waals surface area contributed by atoms with Crippen LogP contribution in [0.4, 0.5) is 15.8 Å². The lowest BCUT2D eigenvalue weighted by molar-refractivity contribution is -0.126. The zero-order valence-corrected chi connectivity index (χ0v) is 16.2. The molecule has 3 aromatic rings. The molecule has 0 N–H and O–H groups in total. The Labute approximate surface area is 173 Å². The van der Waals surface area contributed by atoms with Crippen molar-refractivity contribution in [2.45, 2.75) is 19.1 Å². The van der Waals surface area contributed by atoms with Gasteiger partial charge in [-0.1, -0.05) is 48.5 Å². The minimum atomic E-state index is -0.967. The van der Waals surface area contributed by atoms with Crippen molar-refractivity contribution < 1.29 is 18.8 Å². The van der Waals surface area contributed by atoms with Gasteiger partial charge in [0.1, 0.15) is 11.7 Å². The van der Waals surface area contributed by atoms with E-state index in [0.29, 0.717) is 0 Å². The van der Waals surface area contributed by atoms with Crippen molar-refractivity contribution in [3.05, 3.63) is 95.8 Å². The van der Waals surface area contributed by atoms with E-state index in [-0.39, 0.29) is 11.6 Å². The summed E-state index contributed by atoms with van der Waals surface area (Å²) >= 11 is 0. The zero-order chi connectivity index (χ0) is 20.8. The number of amides is 2. The average molecular weight is 402 g/mol. The highest BCUT2D eigenvalue weighted by atomic mass is 19.1. The Hall–Kier alpha value is -3.51. The van der Waals surface area contributed by atoms with Gasteiger partial charge in [0.2, 0.25) is 5.91 Å². The SMILES string of the molecule is Cc1ccccc1C1C2C(=O)N(c3cccc(F)c3)C(=O)C2ON1c1ccccc1. The molecule has 2 aliphatic heterocycles. The van der Waals surface area contributed by atoms with Crippen LogP contribution >= 0.6 is 0 Å². The number of hydrogen-bond donors (Lipinski definition) is 0. The molecule has 2 saturated heterocycles. The third kappa shape index (κ3) is 2.80. The maximum Gasteiger partial charge on any atom is 0.266 e. The number of halogens is 1. The van der Waals surface area contributed by atoms with Gasteiger partial charge in [0.15, 0.2) is 6.10 Å². The monoisotopic (exact) mass is 402 g/mol. The third-order valence-corrected chi connectivity index (χ3v) is 5.70. The van der Waals surface area contributed by atoms with Crippen LogP contribution in [0.3, 0.4) is 0 Å². The van der Waals surface area contributed by atoms with E-state index in [4.69, 9.17) is 4.84 Å². The lowest BCUT2D eigenvalue weighted by Gasteiger charge is -2.29. The normalized spacial score (nSPS) is 23.2. The quantitative estimate of drug-likeness (QED) is 0.617. The average Bonchev–Trinajstić information content (AvgIpc) is 3.25. The first-order chi connectivity index (χ1) is 14.6. The molecule has 0 aromatic heterocycles. The van der Waals surface area contributed by atoms with Gasteiger partial charge in [-0.25, -0.2) is 14.4 Å². The van der Waals surface area contributed by atoms with E-state index in [9.17, 15) is 14.0 Å². The molecule has 2 heterocycles. The lowest BCUT2D eigenvalue weighted by atomic mass is 9.88. The number of carbonyl (C=O) groups is 2. The summed E-state index contributed by atoms with van der Waals surface area (Å²) in [6.07, 6.45) is -0.967. The largest absolute Gasteiger partial charge is 0.273 e. The molecule has 3 aromatic carbocycles. The van der Waals surface area contributed by atoms with E-state index in [1.807, 2.05) is 61.5 Å². The Kier molecular flexibility index (Phi) is 4.37. The van der Waals surface area contributed by atoms with Gasteiger partial charge >= 0.3 is 0 Å². The van der Waals surface area contributed by atoms with Gasteiger partial charge in [-0.15, -0.1) is 0 Å². The molecular weight excluding hydrogens is 383 g/mol. The molecule has 0 spiro atoms. The maximum atomic E-state index is 13.8. The smallest absolute Gasteiger partial charge is 0.266 e. The van der Waals surface area contributed by atoms with E-state index in [2.05, 4.69) is 0 Å². The van der Waals surface area contributed by atoms with Crippen molar-refractivity contribution in [2.75, 3.05) is 9.96 Å². The molecule has 3 unspecified atom stereocenters. The van der Waals surface area contributed by atoms with E-state index in [0.717, 1.165) is 21.7 Å². The third-order valence-electron chi connectivity index (χ3n) is 5.70. The number of nitrogens with zero attached hydrogens (tertiary/aromatic N) is 2. The second-order valence-electron chi connectivity index (χ2n) is 7.51. The second kappa shape index (κ2) is 7.07. The Balaban J connectivity index is 1.61. The molecule has 30 heavy (non-hydrogen) atoms. The Morgan fingerprint density at radius 3 is 2.27 bits per heavy atom. The molecule has 0 aliphatic carbocycles. The number of rotatable bonds is 3. The predicted octanol–water partition coefficient (Wildman–Crippen LogP) is 4.19. The van der Waals surface area contributed by atoms with Crippen molar-refractivity contribution in [3.8, 4) is 0 Å². The maximum absolute atomic E-state index is 13.8. The van der Waals surface area contributed by atoms with Gasteiger partial charge in [0, 0.05) is 0 Å². The first kappa shape index (κ1) is 18.5. The van der Waals surface area contributed by atoms with E-state index in [1.165, 1.54) is 18.2 Å². The standard InChI is InChI=1S/C24H19FN2O3/c1-15-8-5-6-13-19(15)21-20-22(30-27(21)17-10-3-2-4-11-17)24(29)26(23(20)28)18-12-7-9-16(25)14-18/h2-14,20-22H,1H3. The van der Waals surface area contributed by atoms with Crippen LogP contribution in [0, 0.1) is 18.7 Å². The van der Waals surface area contributed by atoms with Crippen molar-refractivity contribution >= 4 is 23.2 Å². The number of imide groups is 1. The Bertz CT molecular complexity index is 1130. The minimum absolute atomic E-state index is 0.220. The number of aryl methyl sites for hydroxylation is 1. The molecule has 0 radical (unpaired) electrons. The lowest BCUT2D eigenvalue weighted by Crippen LogP contribution is -2.37. The molecule has 150 valence electrons. The van der Waals surface area contributed by atoms with Crippen molar-refractivity contribution in [1.29, 1.82) is 0 Å². The minimum Gasteiger partial charge on any atom is -0.273 e. The fourth-order valence-electron chi connectivity index (χ4n) is 4.32. The highest BCUT2D eigenvalue weighted by molar-refractivity contribution is 6.23. The highest BCUT2D eigenvalue weighted by Crippen LogP contribution is 2.48. The van der Waals surface area contributed by atoms with Gasteiger partial charge in [-0.05, 0) is 48.4 Å². The molecule has 2 aliphatic rings. The van der Waals surface area contributed by atoms with Crippen LogP contribution in [-0.4, -0.2) is 17.9 Å². The summed E-state index contributed by atoms with van der Waals surface area (Å²) in [6, 6.07) is 22.2. The van der Waals surface area contributed by atoms with E-state index >= 15 is 0 Å². The molecule has 2 fully saturated rings. The first-order valence-electron chi connectivity index (χ1n) is 9.76. The number of carbonyl (C=O) groups excluding carboxylic acids is 2. The predicted molar refractivity (Wildman–Crippen MR) is 110 cm³/mol. The van der Waals surface area contributed by atoms with E-state index < -0.39 is 29.8 Å². The molecule has 3 atom stereocenters. The van der Waals surface area contributed by atoms with Crippen molar-refractivity contribution in [3.63, 3.8) is 0 Å². The summed E-state index contributed by atoms with van der Waals surface area (Å²) in [5.41, 5.74) is 2.89. The molecule has 0 saturated carbocycles. The Morgan fingerprint density at radius 2 is 1.53 bits per heavy atom. The van der Waals surface area contributed by atoms with Crippen molar-refractivity contribution in [2.24, 2.45) is 5.92 Å². The van der Waals surface area contributed by atoms with Crippen molar-refractivity contribution in [1.82, 2.24) is 0 Å². The van der Waals surface area contributed by atoms with Crippen LogP contribution in [0.2, 0.25) is 0 Å². The summed E-state index contributed by atoms with van der Waals surface area (Å²) in [5, 5.41) is 1.66. The highest BCUT2D eigenvalue weighted by Gasteiger charge is 2.60. The van der Waals surface area contributed by atoms with Crippen LogP contribution in [0.5, 0.6) is 0 Å². The Morgan fingerprint density at radius 1 is 0.833 bits per heavy atom. The molecule has 5 nitrogen and oxygen atoms in total. The van der Waals surface area contributed by atoms with Gasteiger partial charge in [-0.2, -0.15) is 0 Å². The molecule has 0 bridgehead atoms. The molecule has 6 heteroatoms. The summed E-state index contributed by atoms with van der Waals surface area (Å²) in [6.45, 7) is 1.97. The molecular formula is C24H19FN2O3. The summed E-state index contributed by atoms with van der Waals surface area (Å²) in [5.74, 6) is -2.11. The second-order valence-corrected chi connectivity index (χ2v) is 7.51. The number of hydrogen-bond acceptors (Lipinski definition) is 4. The molecule has 5 rings (SSSR count). The van der Waals surface area contributed by atoms with Crippen LogP contribution in [-0.2, 0) is 14.4 Å². The van der Waals surface area contributed by atoms with Gasteiger partial charge in [0.25, 0.3) is 5.91 Å². The van der Waals surface area contributed by atoms with Gasteiger partial charge in [0.05, 0.1) is 17.4 Å². The number of benzene rings is 3. The number of fused-ring (bicyclic) bond motifs is 1. The number of anilines is 2. The van der Waals surface area contributed by atoms with Crippen LogP contribution in [0.25, 0.3) is 0 Å². The fraction of sp³-hybridized carbons (Fsp3) is 0.167. The summed E-state index contributed by atoms with van der Waals surface area (Å²) < 4.78 is 13.8. The number of hydroxylamine groups is 1.